The number of carbonyl (C=O) groups excluding carboxylic acids is 1. The predicted molar refractivity (Wildman–Crippen MR) is 72.1 cm³/mol. The highest BCUT2D eigenvalue weighted by molar-refractivity contribution is 7.82. The molecular weight excluding hydrogens is 219 g/mol. The van der Waals surface area contributed by atoms with E-state index in [2.05, 4.69) is 57.9 Å². The second-order valence-electron chi connectivity index (χ2n) is 4.84. The summed E-state index contributed by atoms with van der Waals surface area (Å²) < 4.78 is 4.59. The number of hydrogen-bond donors (Lipinski definition) is 0. The molecule has 0 fully saturated rings. The van der Waals surface area contributed by atoms with Crippen molar-refractivity contribution < 1.29 is 9.53 Å². The maximum absolute atomic E-state index is 11.1. The van der Waals surface area contributed by atoms with Gasteiger partial charge in [0.05, 0.1) is 42.9 Å². The summed E-state index contributed by atoms with van der Waals surface area (Å²) in [6.45, 7) is 13.2. The number of ether oxygens (including phenoxy) is 1. The van der Waals surface area contributed by atoms with Gasteiger partial charge in [0, 0.05) is 0 Å². The Bertz CT molecular complexity index is 273. The SMILES string of the molecule is COC(=O)C#C[P+](C(C)C)(C(C)C)C(C)C. The number of carbonyl (C=O) groups is 1. The van der Waals surface area contributed by atoms with Gasteiger partial charge < -0.3 is 4.74 Å². The van der Waals surface area contributed by atoms with E-state index in [1.807, 2.05) is 0 Å². The zero-order chi connectivity index (χ0) is 12.9. The van der Waals surface area contributed by atoms with Crippen LogP contribution in [0, 0.1) is 11.6 Å². The van der Waals surface area contributed by atoms with Crippen LogP contribution in [0.4, 0.5) is 0 Å². The van der Waals surface area contributed by atoms with E-state index in [4.69, 9.17) is 0 Å². The lowest BCUT2D eigenvalue weighted by Gasteiger charge is -2.32. The lowest BCUT2D eigenvalue weighted by Crippen LogP contribution is -2.22. The minimum atomic E-state index is -1.44. The number of methoxy groups -OCH3 is 1. The fraction of sp³-hybridized carbons (Fsp3) is 0.769. The van der Waals surface area contributed by atoms with Crippen molar-refractivity contribution in [2.45, 2.75) is 58.5 Å². The fourth-order valence-electron chi connectivity index (χ4n) is 2.37. The third-order valence-electron chi connectivity index (χ3n) is 3.10. The molecule has 16 heavy (non-hydrogen) atoms. The molecule has 0 aliphatic rings. The van der Waals surface area contributed by atoms with Crippen molar-refractivity contribution in [2.75, 3.05) is 7.11 Å². The van der Waals surface area contributed by atoms with Gasteiger partial charge in [-0.3, -0.25) is 0 Å². The van der Waals surface area contributed by atoms with E-state index in [1.54, 1.807) is 0 Å². The fourth-order valence-corrected chi connectivity index (χ4v) is 7.01. The smallest absolute Gasteiger partial charge is 0.387 e. The van der Waals surface area contributed by atoms with E-state index >= 15 is 0 Å². The van der Waals surface area contributed by atoms with Crippen LogP contribution in [0.25, 0.3) is 0 Å². The molecule has 3 heteroatoms. The van der Waals surface area contributed by atoms with Crippen LogP contribution in [0.3, 0.4) is 0 Å². The van der Waals surface area contributed by atoms with Crippen molar-refractivity contribution >= 4 is 13.2 Å². The molecule has 0 spiro atoms. The van der Waals surface area contributed by atoms with E-state index in [9.17, 15) is 4.79 Å². The number of hydrogen-bond acceptors (Lipinski definition) is 2. The highest BCUT2D eigenvalue weighted by atomic mass is 31.2. The Hall–Kier alpha value is -0.540. The Morgan fingerprint density at radius 1 is 1.00 bits per heavy atom. The van der Waals surface area contributed by atoms with Gasteiger partial charge in [-0.2, -0.15) is 0 Å². The summed E-state index contributed by atoms with van der Waals surface area (Å²) in [7, 11) is -0.0687. The Morgan fingerprint density at radius 3 is 1.62 bits per heavy atom. The molecule has 0 aromatic rings. The molecule has 0 aromatic heterocycles. The maximum Gasteiger partial charge on any atom is 0.387 e. The molecule has 0 atom stereocenters. The molecule has 0 amide bonds. The standard InChI is InChI=1S/C13H24O2P/c1-10(2)16(11(3)4,12(5)6)9-8-13(14)15-7/h10-12H,1-7H3/q+1. The molecule has 2 nitrogen and oxygen atoms in total. The highest BCUT2D eigenvalue weighted by Crippen LogP contribution is 2.69. The Kier molecular flexibility index (Phi) is 6.05. The van der Waals surface area contributed by atoms with E-state index in [0.717, 1.165) is 0 Å². The first-order valence-corrected chi connectivity index (χ1v) is 7.78. The molecule has 0 aliphatic heterocycles. The van der Waals surface area contributed by atoms with Crippen molar-refractivity contribution in [2.24, 2.45) is 0 Å². The zero-order valence-corrected chi connectivity index (χ0v) is 12.4. The Balaban J connectivity index is 5.35. The molecule has 0 radical (unpaired) electrons. The molecule has 0 unspecified atom stereocenters. The Labute approximate surface area is 100 Å². The molecule has 0 rings (SSSR count). The largest absolute Gasteiger partial charge is 0.459 e. The van der Waals surface area contributed by atoms with Crippen LogP contribution >= 0.6 is 7.26 Å². The van der Waals surface area contributed by atoms with E-state index in [1.165, 1.54) is 7.11 Å². The summed E-state index contributed by atoms with van der Waals surface area (Å²) in [6.07, 6.45) is 0. The van der Waals surface area contributed by atoms with Crippen LogP contribution in [0.2, 0.25) is 0 Å². The molecule has 0 N–H and O–H groups in total. The van der Waals surface area contributed by atoms with Gasteiger partial charge >= 0.3 is 5.97 Å². The predicted octanol–water partition coefficient (Wildman–Crippen LogP) is 3.36. The average Bonchev–Trinajstić information content (AvgIpc) is 2.16. The summed E-state index contributed by atoms with van der Waals surface area (Å²) in [5.74, 6) is 2.23. The molecule has 0 heterocycles. The minimum Gasteiger partial charge on any atom is -0.459 e. The van der Waals surface area contributed by atoms with Crippen LogP contribution < -0.4 is 0 Å². The molecule has 0 saturated heterocycles. The van der Waals surface area contributed by atoms with Crippen LogP contribution in [-0.2, 0) is 9.53 Å². The minimum absolute atomic E-state index is 0.425. The van der Waals surface area contributed by atoms with Gasteiger partial charge in [-0.05, 0) is 41.5 Å². The van der Waals surface area contributed by atoms with Crippen LogP contribution in [0.15, 0.2) is 0 Å². The van der Waals surface area contributed by atoms with Crippen molar-refractivity contribution in [3.05, 3.63) is 0 Å². The van der Waals surface area contributed by atoms with Crippen LogP contribution in [-0.4, -0.2) is 30.1 Å². The van der Waals surface area contributed by atoms with E-state index < -0.39 is 13.2 Å². The maximum atomic E-state index is 11.1. The molecular formula is C13H24O2P+. The first kappa shape index (κ1) is 15.5. The quantitative estimate of drug-likeness (QED) is 0.431. The first-order chi connectivity index (χ1) is 7.28. The molecule has 92 valence electrons. The molecule has 0 aliphatic carbocycles. The van der Waals surface area contributed by atoms with Crippen LogP contribution in [0.5, 0.6) is 0 Å². The zero-order valence-electron chi connectivity index (χ0n) is 11.5. The molecule has 0 bridgehead atoms. The number of rotatable bonds is 3. The van der Waals surface area contributed by atoms with E-state index in [0.29, 0.717) is 17.0 Å². The summed E-state index contributed by atoms with van der Waals surface area (Å²) in [5, 5.41) is 0. The summed E-state index contributed by atoms with van der Waals surface area (Å²) in [6, 6.07) is 0. The topological polar surface area (TPSA) is 26.3 Å². The monoisotopic (exact) mass is 243 g/mol. The van der Waals surface area contributed by atoms with Gasteiger partial charge in [0.15, 0.2) is 0 Å². The summed E-state index contributed by atoms with van der Waals surface area (Å²) in [5.41, 5.74) is 4.82. The summed E-state index contributed by atoms with van der Waals surface area (Å²) in [4.78, 5) is 11.1. The van der Waals surface area contributed by atoms with Gasteiger partial charge in [0.2, 0.25) is 0 Å². The lowest BCUT2D eigenvalue weighted by atomic mass is 10.5. The van der Waals surface area contributed by atoms with Gasteiger partial charge in [-0.15, -0.1) is 0 Å². The summed E-state index contributed by atoms with van der Waals surface area (Å²) >= 11 is 0. The van der Waals surface area contributed by atoms with Crippen molar-refractivity contribution in [3.63, 3.8) is 0 Å². The van der Waals surface area contributed by atoms with Gasteiger partial charge in [-0.1, -0.05) is 0 Å². The van der Waals surface area contributed by atoms with Gasteiger partial charge in [-0.25, -0.2) is 4.79 Å². The first-order valence-electron chi connectivity index (χ1n) is 5.78. The second kappa shape index (κ2) is 6.26. The molecule has 0 aromatic carbocycles. The number of esters is 1. The lowest BCUT2D eigenvalue weighted by molar-refractivity contribution is -0.133. The Morgan fingerprint density at radius 2 is 1.38 bits per heavy atom. The third kappa shape index (κ3) is 3.22. The normalized spacial score (nSPS) is 11.6. The van der Waals surface area contributed by atoms with Crippen molar-refractivity contribution in [1.29, 1.82) is 0 Å². The average molecular weight is 243 g/mol. The van der Waals surface area contributed by atoms with Crippen LogP contribution in [0.1, 0.15) is 41.5 Å². The molecule has 0 saturated carbocycles. The van der Waals surface area contributed by atoms with Gasteiger partial charge in [0.25, 0.3) is 0 Å². The highest BCUT2D eigenvalue weighted by Gasteiger charge is 2.47. The van der Waals surface area contributed by atoms with Crippen molar-refractivity contribution in [3.8, 4) is 11.6 Å². The second-order valence-corrected chi connectivity index (χ2v) is 9.84. The van der Waals surface area contributed by atoms with Gasteiger partial charge in [0.1, 0.15) is 0 Å². The van der Waals surface area contributed by atoms with E-state index in [-0.39, 0.29) is 0 Å². The third-order valence-corrected chi connectivity index (χ3v) is 8.73. The van der Waals surface area contributed by atoms with Crippen molar-refractivity contribution in [1.82, 2.24) is 0 Å².